The van der Waals surface area contributed by atoms with Crippen LogP contribution in [0.25, 0.3) is 0 Å². The Bertz CT molecular complexity index is 928. The quantitative estimate of drug-likeness (QED) is 0.549. The third-order valence-electron chi connectivity index (χ3n) is 5.03. The van der Waals surface area contributed by atoms with E-state index in [0.29, 0.717) is 11.3 Å². The summed E-state index contributed by atoms with van der Waals surface area (Å²) >= 11 is 5.11. The first kappa shape index (κ1) is 22.0. The average Bonchev–Trinajstić information content (AvgIpc) is 2.68. The molecule has 2 aromatic carbocycles. The maximum Gasteiger partial charge on any atom is 0.573 e. The van der Waals surface area contributed by atoms with E-state index in [0.717, 1.165) is 25.9 Å². The number of anilines is 2. The Labute approximate surface area is 178 Å². The zero-order valence-corrected chi connectivity index (χ0v) is 17.2. The van der Waals surface area contributed by atoms with Gasteiger partial charge >= 0.3 is 6.36 Å². The van der Waals surface area contributed by atoms with E-state index >= 15 is 0 Å². The van der Waals surface area contributed by atoms with E-state index in [1.54, 1.807) is 30.3 Å². The summed E-state index contributed by atoms with van der Waals surface area (Å²) in [5.41, 5.74) is 6.74. The first-order valence-corrected chi connectivity index (χ1v) is 9.83. The van der Waals surface area contributed by atoms with E-state index < -0.39 is 12.1 Å². The summed E-state index contributed by atoms with van der Waals surface area (Å²) in [4.78, 5) is 16.4. The van der Waals surface area contributed by atoms with Gasteiger partial charge in [-0.2, -0.15) is 0 Å². The number of hydrogen-bond acceptors (Lipinski definition) is 4. The van der Waals surface area contributed by atoms with E-state index in [2.05, 4.69) is 9.64 Å². The second-order valence-electron chi connectivity index (χ2n) is 7.18. The first-order chi connectivity index (χ1) is 14.2. The van der Waals surface area contributed by atoms with Crippen LogP contribution in [0.5, 0.6) is 5.75 Å². The minimum atomic E-state index is -4.87. The number of Topliss-reactive ketones (excluding diaryl/α,β-unsaturated/α-hetero) is 1. The van der Waals surface area contributed by atoms with Crippen LogP contribution >= 0.6 is 12.2 Å². The summed E-state index contributed by atoms with van der Waals surface area (Å²) in [5, 5.41) is -0.169. The zero-order chi connectivity index (χ0) is 21.9. The third-order valence-corrected chi connectivity index (χ3v) is 5.21. The van der Waals surface area contributed by atoms with Crippen molar-refractivity contribution in [1.82, 2.24) is 4.90 Å². The number of halogens is 3. The zero-order valence-electron chi connectivity index (χ0n) is 16.4. The first-order valence-electron chi connectivity index (χ1n) is 9.43. The number of ether oxygens (including phenoxy) is 1. The van der Waals surface area contributed by atoms with Gasteiger partial charge < -0.3 is 15.4 Å². The molecule has 2 N–H and O–H groups in total. The fraction of sp³-hybridized carbons (Fsp3) is 0.333. The molecule has 1 saturated heterocycles. The highest BCUT2D eigenvalue weighted by Crippen LogP contribution is 2.37. The lowest BCUT2D eigenvalue weighted by molar-refractivity contribution is -0.274. The number of thiocarbonyl (C=S) groups is 1. The summed E-state index contributed by atoms with van der Waals surface area (Å²) in [6.45, 7) is 1.69. The van der Waals surface area contributed by atoms with Crippen molar-refractivity contribution < 1.29 is 22.7 Å². The van der Waals surface area contributed by atoms with Crippen molar-refractivity contribution in [1.29, 1.82) is 0 Å². The molecule has 0 bridgehead atoms. The van der Waals surface area contributed by atoms with Crippen LogP contribution in [0, 0.1) is 5.92 Å². The summed E-state index contributed by atoms with van der Waals surface area (Å²) in [5.74, 6) is -0.520. The molecule has 2 aromatic rings. The lowest BCUT2D eigenvalue weighted by Crippen LogP contribution is -2.34. The van der Waals surface area contributed by atoms with E-state index in [1.165, 1.54) is 23.1 Å². The Balaban J connectivity index is 1.94. The normalized spacial score (nSPS) is 15.6. The van der Waals surface area contributed by atoms with Gasteiger partial charge in [-0.25, -0.2) is 0 Å². The summed E-state index contributed by atoms with van der Waals surface area (Å²) < 4.78 is 42.7. The number of nitrogens with zero attached hydrogens (tertiary/aromatic N) is 2. The van der Waals surface area contributed by atoms with Crippen molar-refractivity contribution >= 4 is 34.5 Å². The number of alkyl halides is 3. The molecule has 0 radical (unpaired) electrons. The van der Waals surface area contributed by atoms with Crippen molar-refractivity contribution in [3.8, 4) is 5.75 Å². The topological polar surface area (TPSA) is 58.8 Å². The second kappa shape index (κ2) is 9.01. The van der Waals surface area contributed by atoms with Gasteiger partial charge in [0.05, 0.1) is 5.69 Å². The highest BCUT2D eigenvalue weighted by Gasteiger charge is 2.33. The Morgan fingerprint density at radius 2 is 1.83 bits per heavy atom. The number of carbonyl (C=O) groups excluding carboxylic acids is 1. The van der Waals surface area contributed by atoms with Crippen LogP contribution < -0.4 is 15.4 Å². The number of para-hydroxylation sites is 2. The smallest absolute Gasteiger partial charge is 0.404 e. The fourth-order valence-electron chi connectivity index (χ4n) is 3.54. The monoisotopic (exact) mass is 437 g/mol. The molecule has 0 atom stereocenters. The summed E-state index contributed by atoms with van der Waals surface area (Å²) in [7, 11) is 2.02. The highest BCUT2D eigenvalue weighted by atomic mass is 32.1. The van der Waals surface area contributed by atoms with Gasteiger partial charge in [-0.15, -0.1) is 13.2 Å². The maximum absolute atomic E-state index is 13.0. The molecule has 1 aliphatic rings. The van der Waals surface area contributed by atoms with E-state index in [9.17, 15) is 18.0 Å². The van der Waals surface area contributed by atoms with Crippen LogP contribution in [0.4, 0.5) is 24.5 Å². The van der Waals surface area contributed by atoms with Gasteiger partial charge in [-0.3, -0.25) is 9.69 Å². The van der Waals surface area contributed by atoms with Crippen LogP contribution in [0.3, 0.4) is 0 Å². The predicted molar refractivity (Wildman–Crippen MR) is 113 cm³/mol. The minimum absolute atomic E-state index is 0.00710. The molecular weight excluding hydrogens is 415 g/mol. The summed E-state index contributed by atoms with van der Waals surface area (Å²) in [6.07, 6.45) is -3.34. The third kappa shape index (κ3) is 5.28. The highest BCUT2D eigenvalue weighted by molar-refractivity contribution is 7.80. The molecular formula is C21H22F3N3O2S. The number of piperidine rings is 1. The van der Waals surface area contributed by atoms with Crippen molar-refractivity contribution in [2.24, 2.45) is 11.7 Å². The lowest BCUT2D eigenvalue weighted by Gasteiger charge is -2.28. The van der Waals surface area contributed by atoms with Crippen LogP contribution in [-0.2, 0) is 0 Å². The number of rotatable bonds is 5. The summed E-state index contributed by atoms with van der Waals surface area (Å²) in [6, 6.07) is 12.2. The van der Waals surface area contributed by atoms with Gasteiger partial charge in [-0.05, 0) is 69.5 Å². The molecule has 1 aliphatic heterocycles. The predicted octanol–water partition coefficient (Wildman–Crippen LogP) is 4.49. The molecule has 160 valence electrons. The fourth-order valence-corrected chi connectivity index (χ4v) is 3.75. The Hall–Kier alpha value is -2.65. The van der Waals surface area contributed by atoms with Crippen molar-refractivity contribution in [3.63, 3.8) is 0 Å². The largest absolute Gasteiger partial charge is 0.573 e. The molecule has 5 nitrogen and oxygen atoms in total. The molecule has 3 rings (SSSR count). The van der Waals surface area contributed by atoms with Gasteiger partial charge in [0.2, 0.25) is 0 Å². The second-order valence-corrected chi connectivity index (χ2v) is 7.60. The SMILES string of the molecule is CN1CCC(C(=O)c2cccc(N(C(N)=S)c3ccccc3OC(F)(F)F)c2)CC1. The number of ketones is 1. The van der Waals surface area contributed by atoms with Crippen LogP contribution in [-0.4, -0.2) is 42.3 Å². The Morgan fingerprint density at radius 3 is 2.47 bits per heavy atom. The Morgan fingerprint density at radius 1 is 1.17 bits per heavy atom. The number of carbonyl (C=O) groups is 1. The number of likely N-dealkylation sites (tertiary alicyclic amines) is 1. The molecule has 30 heavy (non-hydrogen) atoms. The van der Waals surface area contributed by atoms with E-state index in [4.69, 9.17) is 18.0 Å². The lowest BCUT2D eigenvalue weighted by atomic mass is 9.89. The molecule has 0 aromatic heterocycles. The van der Waals surface area contributed by atoms with Gasteiger partial charge in [-0.1, -0.05) is 24.3 Å². The van der Waals surface area contributed by atoms with Crippen LogP contribution in [0.1, 0.15) is 23.2 Å². The van der Waals surface area contributed by atoms with Crippen molar-refractivity contribution in [2.75, 3.05) is 25.0 Å². The van der Waals surface area contributed by atoms with Gasteiger partial charge in [0.15, 0.2) is 16.6 Å². The molecule has 0 amide bonds. The van der Waals surface area contributed by atoms with Crippen molar-refractivity contribution in [2.45, 2.75) is 19.2 Å². The number of benzene rings is 2. The van der Waals surface area contributed by atoms with E-state index in [-0.39, 0.29) is 22.5 Å². The minimum Gasteiger partial charge on any atom is -0.404 e. The molecule has 1 fully saturated rings. The standard InChI is InChI=1S/C21H22F3N3O2S/c1-26-11-9-14(10-12-26)19(28)15-5-4-6-16(13-15)27(20(25)30)17-7-2-3-8-18(17)29-21(22,23)24/h2-8,13-14H,9-12H2,1H3,(H2,25,30). The van der Waals surface area contributed by atoms with Crippen LogP contribution in [0.15, 0.2) is 48.5 Å². The van der Waals surface area contributed by atoms with Gasteiger partial charge in [0.25, 0.3) is 0 Å². The van der Waals surface area contributed by atoms with Gasteiger partial charge in [0, 0.05) is 17.2 Å². The molecule has 0 spiro atoms. The number of nitrogens with two attached hydrogens (primary N) is 1. The van der Waals surface area contributed by atoms with Crippen molar-refractivity contribution in [3.05, 3.63) is 54.1 Å². The molecule has 0 aliphatic carbocycles. The molecule has 0 saturated carbocycles. The maximum atomic E-state index is 13.0. The molecule has 1 heterocycles. The average molecular weight is 437 g/mol. The molecule has 0 unspecified atom stereocenters. The molecule has 9 heteroatoms. The Kier molecular flexibility index (Phi) is 6.62. The van der Waals surface area contributed by atoms with Crippen LogP contribution in [0.2, 0.25) is 0 Å². The number of hydrogen-bond donors (Lipinski definition) is 1. The van der Waals surface area contributed by atoms with E-state index in [1.807, 2.05) is 7.05 Å². The van der Waals surface area contributed by atoms with Gasteiger partial charge in [0.1, 0.15) is 0 Å².